The summed E-state index contributed by atoms with van der Waals surface area (Å²) >= 11 is 8.03. The normalized spacial score (nSPS) is 25.0. The number of allylic oxidation sites excluding steroid dienone is 3. The zero-order valence-corrected chi connectivity index (χ0v) is 60.2. The van der Waals surface area contributed by atoms with Gasteiger partial charge in [-0.15, -0.1) is 11.8 Å². The summed E-state index contributed by atoms with van der Waals surface area (Å²) in [6, 6.07) is 7.69. The summed E-state index contributed by atoms with van der Waals surface area (Å²) in [5.74, 6) is -2.97. The Morgan fingerprint density at radius 3 is 2.21 bits per heavy atom. The molecule has 5 aliphatic rings. The van der Waals surface area contributed by atoms with Gasteiger partial charge in [0, 0.05) is 90.5 Å². The third-order valence-corrected chi connectivity index (χ3v) is 20.1. The Morgan fingerprint density at radius 2 is 1.57 bits per heavy atom. The molecule has 2 aromatic carbocycles. The average molecular weight is 1420 g/mol. The van der Waals surface area contributed by atoms with Crippen LogP contribution in [0.3, 0.4) is 0 Å². The number of aromatic nitrogens is 2. The molecule has 9 atom stereocenters. The number of halogens is 1. The molecule has 6 amide bonds. The lowest BCUT2D eigenvalue weighted by molar-refractivity contribution is -0.162. The molecule has 4 bridgehead atoms. The second kappa shape index (κ2) is 35.1. The number of aryl methyl sites for hydroxylation is 1. The maximum Gasteiger partial charge on any atom is 0.409 e. The Morgan fingerprint density at radius 1 is 0.909 bits per heavy atom. The lowest BCUT2D eigenvalue weighted by Gasteiger charge is -2.42. The molecule has 3 fully saturated rings. The van der Waals surface area contributed by atoms with Crippen LogP contribution < -0.4 is 26.0 Å². The molecule has 8 rings (SSSR count). The molecule has 1 aliphatic carbocycles. The zero-order chi connectivity index (χ0) is 71.9. The number of amides is 6. The molecule has 4 aliphatic heterocycles. The molecule has 0 saturated carbocycles. The number of nitrogens with two attached hydrogens (primary N) is 1. The van der Waals surface area contributed by atoms with Crippen molar-refractivity contribution in [2.75, 3.05) is 123 Å². The minimum Gasteiger partial charge on any atom is -0.495 e. The van der Waals surface area contributed by atoms with E-state index in [0.717, 1.165) is 22.5 Å². The van der Waals surface area contributed by atoms with Crippen LogP contribution in [0.25, 0.3) is 5.69 Å². The number of alkyl carbamates (subject to hydrolysis) is 1. The van der Waals surface area contributed by atoms with Crippen molar-refractivity contribution in [3.63, 3.8) is 0 Å². The maximum absolute atomic E-state index is 14.4. The van der Waals surface area contributed by atoms with E-state index in [1.165, 1.54) is 54.7 Å². The van der Waals surface area contributed by atoms with Crippen LogP contribution >= 0.6 is 23.4 Å². The second-order valence-electron chi connectivity index (χ2n) is 26.7. The van der Waals surface area contributed by atoms with E-state index in [1.807, 2.05) is 26.0 Å². The van der Waals surface area contributed by atoms with E-state index < -0.39 is 89.2 Å². The Hall–Kier alpha value is -6.99. The van der Waals surface area contributed by atoms with Crippen molar-refractivity contribution in [1.29, 1.82) is 0 Å². The van der Waals surface area contributed by atoms with Gasteiger partial charge in [0.05, 0.1) is 112 Å². The number of hydrogen-bond donors (Lipinski definition) is 4. The van der Waals surface area contributed by atoms with Crippen molar-refractivity contribution in [1.82, 2.24) is 24.9 Å². The first-order valence-electron chi connectivity index (χ1n) is 33.6. The number of esters is 1. The summed E-state index contributed by atoms with van der Waals surface area (Å²) in [5, 5.41) is 21.9. The number of epoxide rings is 1. The predicted molar refractivity (Wildman–Crippen MR) is 368 cm³/mol. The number of ether oxygens (including phenoxy) is 10. The number of thioether (sulfide) groups is 1. The van der Waals surface area contributed by atoms with Gasteiger partial charge in [-0.05, 0) is 94.7 Å². The smallest absolute Gasteiger partial charge is 0.409 e. The van der Waals surface area contributed by atoms with Crippen LogP contribution in [-0.2, 0) is 79.4 Å². The number of carbonyl (C=O) groups is 8. The number of benzene rings is 2. The first-order chi connectivity index (χ1) is 47.1. The van der Waals surface area contributed by atoms with Crippen LogP contribution in [0.15, 0.2) is 54.1 Å². The van der Waals surface area contributed by atoms with Gasteiger partial charge >= 0.3 is 12.1 Å². The topological polar surface area (TPSA) is 330 Å². The molecule has 544 valence electrons. The number of imide groups is 1. The van der Waals surface area contributed by atoms with Crippen LogP contribution in [0.1, 0.15) is 124 Å². The van der Waals surface area contributed by atoms with Gasteiger partial charge in [0.15, 0.2) is 11.5 Å². The fourth-order valence-electron chi connectivity index (χ4n) is 12.8. The van der Waals surface area contributed by atoms with E-state index in [2.05, 4.69) is 24.5 Å². The van der Waals surface area contributed by atoms with E-state index >= 15 is 0 Å². The van der Waals surface area contributed by atoms with Gasteiger partial charge < -0.3 is 73.3 Å². The van der Waals surface area contributed by atoms with Gasteiger partial charge in [-0.25, -0.2) is 14.3 Å². The highest BCUT2D eigenvalue weighted by Gasteiger charge is 2.64. The summed E-state index contributed by atoms with van der Waals surface area (Å²) in [6.45, 7) is 17.2. The number of Topliss-reactive ketones (excluding diaryl/α,β-unsaturated/α-hetero) is 1. The number of anilines is 2. The van der Waals surface area contributed by atoms with Crippen LogP contribution in [0, 0.1) is 18.3 Å². The number of carbonyl (C=O) groups excluding carboxylic acids is 8. The third-order valence-electron chi connectivity index (χ3n) is 18.5. The highest BCUT2D eigenvalue weighted by molar-refractivity contribution is 8.00. The van der Waals surface area contributed by atoms with E-state index in [-0.39, 0.29) is 59.6 Å². The van der Waals surface area contributed by atoms with Gasteiger partial charge in [-0.2, -0.15) is 5.10 Å². The number of primary amides is 1. The Labute approximate surface area is 587 Å². The number of fused-ring (bicyclic) bond motifs is 6. The highest BCUT2D eigenvalue weighted by Crippen LogP contribution is 2.49. The summed E-state index contributed by atoms with van der Waals surface area (Å²) in [7, 11) is 5.88. The van der Waals surface area contributed by atoms with E-state index in [0.29, 0.717) is 139 Å². The molecule has 5 N–H and O–H groups in total. The van der Waals surface area contributed by atoms with Crippen LogP contribution in [-0.4, -0.2) is 232 Å². The predicted octanol–water partition coefficient (Wildman–Crippen LogP) is 6.49. The van der Waals surface area contributed by atoms with Crippen LogP contribution in [0.2, 0.25) is 5.02 Å². The summed E-state index contributed by atoms with van der Waals surface area (Å²) in [4.78, 5) is 111. The number of ketones is 1. The number of rotatable bonds is 32. The molecule has 1 unspecified atom stereocenters. The lowest BCUT2D eigenvalue weighted by Crippen LogP contribution is -2.63. The van der Waals surface area contributed by atoms with Gasteiger partial charge in [-0.3, -0.25) is 39.0 Å². The minimum absolute atomic E-state index is 0.0152. The molecule has 29 heteroatoms. The first-order valence-corrected chi connectivity index (χ1v) is 35.0. The molecule has 1 aromatic heterocycles. The SMILES string of the molecule is COc1cc2cc(c1Cl)N(C)C(=O)C[C@@H](OC(=O)[C@@H](C)N(C)C(=O)CCSC1CC(=O)N(CCCOCCOCCOCCOCCOCCCNc3cc(-n4nc(C)c5c4CC(C)(C)CC5=O)ccc3C(N)=O)C1=O)[C@@]1(C)O[C@@H]1[C@@H](C)[C@H]1C[C@](O)(NC(=O)O1)[C@@H](OC)/C=C/C=C(\C)C2. The van der Waals surface area contributed by atoms with E-state index in [4.69, 9.17) is 69.8 Å². The van der Waals surface area contributed by atoms with E-state index in [9.17, 15) is 43.5 Å². The van der Waals surface area contributed by atoms with Crippen LogP contribution in [0.5, 0.6) is 5.75 Å². The fraction of sp³-hybridized carbons (Fsp3) is 0.614. The lowest BCUT2D eigenvalue weighted by atomic mass is 9.75. The van der Waals surface area contributed by atoms with Crippen molar-refractivity contribution in [2.45, 2.75) is 153 Å². The van der Waals surface area contributed by atoms with Gasteiger partial charge in [0.2, 0.25) is 23.6 Å². The molecule has 99 heavy (non-hydrogen) atoms. The van der Waals surface area contributed by atoms with Gasteiger partial charge in [0.25, 0.3) is 5.91 Å². The Balaban J connectivity index is 0.689. The van der Waals surface area contributed by atoms with Gasteiger partial charge in [-0.1, -0.05) is 56.2 Å². The maximum atomic E-state index is 14.4. The summed E-state index contributed by atoms with van der Waals surface area (Å²) in [6.07, 6.45) is 2.49. The molecule has 3 aromatic rings. The highest BCUT2D eigenvalue weighted by atomic mass is 35.5. The van der Waals surface area contributed by atoms with Crippen LogP contribution in [0.4, 0.5) is 16.2 Å². The van der Waals surface area contributed by atoms with Crippen molar-refractivity contribution in [3.05, 3.63) is 87.2 Å². The van der Waals surface area contributed by atoms with Crippen molar-refractivity contribution in [2.24, 2.45) is 17.1 Å². The molecule has 5 heterocycles. The van der Waals surface area contributed by atoms with E-state index in [1.54, 1.807) is 62.0 Å². The number of likely N-dealkylation sites (tertiary alicyclic amines) is 1. The number of hydrogen-bond acceptors (Lipinski definition) is 22. The molecular formula is C70H97ClN8O19S. The van der Waals surface area contributed by atoms with Gasteiger partial charge in [0.1, 0.15) is 40.7 Å². The minimum atomic E-state index is -1.89. The molecular weight excluding hydrogens is 1320 g/mol. The second-order valence-corrected chi connectivity index (χ2v) is 28.3. The number of methoxy groups -OCH3 is 2. The molecule has 27 nitrogen and oxygen atoms in total. The first kappa shape index (κ1) is 77.7. The number of aliphatic hydroxyl groups is 1. The average Bonchev–Trinajstić information content (AvgIpc) is 1.58. The Bertz CT molecular complexity index is 3480. The van der Waals surface area contributed by atoms with Crippen molar-refractivity contribution in [3.8, 4) is 11.4 Å². The third kappa shape index (κ3) is 20.0. The molecule has 0 radical (unpaired) electrons. The number of nitrogens with zero attached hydrogens (tertiary/aromatic N) is 5. The quantitative estimate of drug-likeness (QED) is 0.0225. The molecule has 3 saturated heterocycles. The monoisotopic (exact) mass is 1420 g/mol. The van der Waals surface area contributed by atoms with Crippen molar-refractivity contribution < 1.29 is 90.8 Å². The number of likely N-dealkylation sites (N-methyl/N-ethyl adjacent to an activating group) is 1. The fourth-order valence-corrected chi connectivity index (χ4v) is 14.2. The molecule has 0 spiro atoms. The standard InChI is InChI=1S/C70H97ClN8O19S/c1-42-15-12-16-56(90-11)70(88)41-54(96-67(87)74-70)43(2)63-69(7,98-63)57(38-59(82)77(9)50-34-46(33-42)35-53(89-10)62(50)71)97-66(86)45(4)76(8)58(81)19-32-99-55-37-60(83)78(65(55)85)21-14-23-92-25-27-94-29-31-95-30-28-93-26-24-91-22-13-20-73-49-36-47(17-18-48(49)64(72)84)79-51-39-68(5,6)40-52(80)61(51)44(3)75-79/h12,15-18,34-36,43,45,54-57,63,73,88H,13-14,19-33,37-41H2,1-11H3,(H2,72,84)(H,74,87)/b16-12+,42-15+/t43-,45+,54+,55?,56-,57+,63+,69+,70+/m0/s1. The largest absolute Gasteiger partial charge is 0.495 e. The summed E-state index contributed by atoms with van der Waals surface area (Å²) in [5.41, 5.74) is 8.20. The zero-order valence-electron chi connectivity index (χ0n) is 58.6. The van der Waals surface area contributed by atoms with Crippen molar-refractivity contribution >= 4 is 82.1 Å². The summed E-state index contributed by atoms with van der Waals surface area (Å²) < 4.78 is 59.6. The Kier molecular flexibility index (Phi) is 27.5. The number of nitrogens with one attached hydrogen (secondary N) is 2.